The number of hydrogen-bond donors (Lipinski definition) is 0. The second kappa shape index (κ2) is 9.35. The van der Waals surface area contributed by atoms with Crippen LogP contribution in [0.25, 0.3) is 22.2 Å². The number of rotatable bonds is 7. The predicted octanol–water partition coefficient (Wildman–Crippen LogP) is 6.59. The summed E-state index contributed by atoms with van der Waals surface area (Å²) in [7, 11) is 1.40. The average molecular weight is 483 g/mol. The molecule has 0 N–H and O–H groups in total. The predicted molar refractivity (Wildman–Crippen MR) is 137 cm³/mol. The number of ether oxygens (including phenoxy) is 2. The Kier molecular flexibility index (Phi) is 6.80. The number of pyridine rings is 1. The molecule has 0 unspecified atom stereocenters. The number of carbonyl (C=O) groups excluding carboxylic acids is 1. The Balaban J connectivity index is 1.96. The summed E-state index contributed by atoms with van der Waals surface area (Å²) in [6.07, 6.45) is 2.21. The van der Waals surface area contributed by atoms with Gasteiger partial charge in [-0.15, -0.1) is 0 Å². The second-order valence-corrected chi connectivity index (χ2v) is 10.9. The minimum Gasteiger partial charge on any atom is -0.467 e. The van der Waals surface area contributed by atoms with Gasteiger partial charge in [0.15, 0.2) is 6.10 Å². The maximum Gasteiger partial charge on any atom is 0.335 e. The highest BCUT2D eigenvalue weighted by atomic mass is 35.5. The van der Waals surface area contributed by atoms with E-state index in [2.05, 4.69) is 18.4 Å². The summed E-state index contributed by atoms with van der Waals surface area (Å²) in [5, 5.41) is 1.83. The molecule has 4 rings (SSSR count). The lowest BCUT2D eigenvalue weighted by Crippen LogP contribution is -2.36. The molecule has 6 heteroatoms. The Labute approximate surface area is 207 Å². The van der Waals surface area contributed by atoms with E-state index in [1.807, 2.05) is 52.0 Å². The smallest absolute Gasteiger partial charge is 0.335 e. The number of hydrogen-bond acceptors (Lipinski definition) is 4. The first-order chi connectivity index (χ1) is 16.0. The number of aryl methyl sites for hydroxylation is 2. The van der Waals surface area contributed by atoms with Crippen molar-refractivity contribution in [1.82, 2.24) is 9.55 Å². The third kappa shape index (κ3) is 5.01. The van der Waals surface area contributed by atoms with Crippen LogP contribution in [0.5, 0.6) is 0 Å². The molecule has 2 heterocycles. The number of halogens is 1. The molecular weight excluding hydrogens is 448 g/mol. The Morgan fingerprint density at radius 2 is 1.82 bits per heavy atom. The first-order valence-electron chi connectivity index (χ1n) is 12.0. The van der Waals surface area contributed by atoms with Crippen molar-refractivity contribution in [2.24, 2.45) is 5.92 Å². The monoisotopic (exact) mass is 482 g/mol. The zero-order valence-corrected chi connectivity index (χ0v) is 22.0. The van der Waals surface area contributed by atoms with E-state index in [-0.39, 0.29) is 5.97 Å². The van der Waals surface area contributed by atoms with Gasteiger partial charge in [-0.25, -0.2) is 9.78 Å². The van der Waals surface area contributed by atoms with Crippen LogP contribution in [0.4, 0.5) is 0 Å². The van der Waals surface area contributed by atoms with Crippen molar-refractivity contribution in [3.63, 3.8) is 0 Å². The average Bonchev–Trinajstić information content (AvgIpc) is 3.56. The fourth-order valence-electron chi connectivity index (χ4n) is 4.70. The Morgan fingerprint density at radius 3 is 2.38 bits per heavy atom. The van der Waals surface area contributed by atoms with Crippen molar-refractivity contribution in [2.45, 2.75) is 79.1 Å². The first kappa shape index (κ1) is 24.7. The molecule has 1 aliphatic rings. The lowest BCUT2D eigenvalue weighted by molar-refractivity contribution is -0.163. The lowest BCUT2D eigenvalue weighted by Gasteiger charge is -2.27. The van der Waals surface area contributed by atoms with Crippen molar-refractivity contribution in [3.8, 4) is 11.1 Å². The van der Waals surface area contributed by atoms with E-state index in [1.54, 1.807) is 0 Å². The van der Waals surface area contributed by atoms with Gasteiger partial charge in [-0.2, -0.15) is 0 Å². The molecule has 1 atom stereocenters. The minimum absolute atomic E-state index is 0.378. The van der Waals surface area contributed by atoms with Gasteiger partial charge in [-0.3, -0.25) is 0 Å². The normalized spacial score (nSPS) is 15.1. The minimum atomic E-state index is -0.732. The van der Waals surface area contributed by atoms with Crippen LogP contribution in [0.1, 0.15) is 56.1 Å². The third-order valence-electron chi connectivity index (χ3n) is 6.68. The van der Waals surface area contributed by atoms with Gasteiger partial charge in [0.1, 0.15) is 5.65 Å². The molecule has 0 radical (unpaired) electrons. The summed E-state index contributed by atoms with van der Waals surface area (Å²) in [6, 6.07) is 7.92. The van der Waals surface area contributed by atoms with Gasteiger partial charge < -0.3 is 14.0 Å². The fraction of sp³-hybridized carbons (Fsp3) is 0.500. The molecular formula is C28H35ClN2O3. The van der Waals surface area contributed by atoms with Crippen molar-refractivity contribution >= 4 is 28.6 Å². The van der Waals surface area contributed by atoms with Gasteiger partial charge >= 0.3 is 5.97 Å². The van der Waals surface area contributed by atoms with Gasteiger partial charge in [0.2, 0.25) is 0 Å². The summed E-state index contributed by atoms with van der Waals surface area (Å²) < 4.78 is 13.7. The lowest BCUT2D eigenvalue weighted by atomic mass is 9.91. The van der Waals surface area contributed by atoms with Gasteiger partial charge in [0, 0.05) is 34.8 Å². The van der Waals surface area contributed by atoms with Gasteiger partial charge in [0.05, 0.1) is 12.7 Å². The number of nitrogens with zero attached hydrogens (tertiary/aromatic N) is 2. The van der Waals surface area contributed by atoms with E-state index < -0.39 is 11.7 Å². The third-order valence-corrected chi connectivity index (χ3v) is 6.94. The Morgan fingerprint density at radius 1 is 1.18 bits per heavy atom. The van der Waals surface area contributed by atoms with E-state index in [4.69, 9.17) is 26.1 Å². The number of carbonyl (C=O) groups is 1. The van der Waals surface area contributed by atoms with Crippen molar-refractivity contribution in [1.29, 1.82) is 0 Å². The maximum atomic E-state index is 12.7. The summed E-state index contributed by atoms with van der Waals surface area (Å²) in [6.45, 7) is 13.2. The highest BCUT2D eigenvalue weighted by molar-refractivity contribution is 6.30. The van der Waals surface area contributed by atoms with Crippen molar-refractivity contribution in [3.05, 3.63) is 51.8 Å². The van der Waals surface area contributed by atoms with Crippen LogP contribution >= 0.6 is 11.6 Å². The van der Waals surface area contributed by atoms with Gasteiger partial charge in [0.25, 0.3) is 0 Å². The van der Waals surface area contributed by atoms with Crippen LogP contribution < -0.4 is 0 Å². The zero-order chi connectivity index (χ0) is 24.8. The fourth-order valence-corrected chi connectivity index (χ4v) is 4.83. The largest absolute Gasteiger partial charge is 0.467 e. The zero-order valence-electron chi connectivity index (χ0n) is 21.3. The van der Waals surface area contributed by atoms with Crippen LogP contribution in [0.15, 0.2) is 24.3 Å². The topological polar surface area (TPSA) is 53.3 Å². The van der Waals surface area contributed by atoms with Crippen molar-refractivity contribution < 1.29 is 14.3 Å². The standard InChI is InChI=1S/C28H35ClN2O3/c1-16-18(3)31(15-19-8-9-19)26-24(16)25(20-10-12-21(29)13-11-20)22(17(2)30-26)14-23(27(32)33-7)34-28(4,5)6/h10-13,19,23H,8-9,14-15H2,1-7H3/t23-/m0/s1. The molecule has 0 saturated heterocycles. The number of fused-ring (bicyclic) bond motifs is 1. The molecule has 34 heavy (non-hydrogen) atoms. The van der Waals surface area contributed by atoms with Crippen molar-refractivity contribution in [2.75, 3.05) is 7.11 Å². The molecule has 0 aliphatic heterocycles. The molecule has 2 aromatic heterocycles. The summed E-state index contributed by atoms with van der Waals surface area (Å²) in [4.78, 5) is 17.8. The van der Waals surface area contributed by atoms with E-state index in [0.717, 1.165) is 45.9 Å². The van der Waals surface area contributed by atoms with Crippen LogP contribution in [0.2, 0.25) is 5.02 Å². The molecule has 0 amide bonds. The number of methoxy groups -OCH3 is 1. The quantitative estimate of drug-likeness (QED) is 0.356. The van der Waals surface area contributed by atoms with Gasteiger partial charge in [-0.1, -0.05) is 23.7 Å². The Hall–Kier alpha value is -2.37. The molecule has 1 aromatic carbocycles. The molecule has 3 aromatic rings. The molecule has 1 saturated carbocycles. The molecule has 5 nitrogen and oxygen atoms in total. The highest BCUT2D eigenvalue weighted by Gasteiger charge is 2.31. The van der Waals surface area contributed by atoms with E-state index in [1.165, 1.54) is 31.2 Å². The summed E-state index contributed by atoms with van der Waals surface area (Å²) >= 11 is 6.23. The second-order valence-electron chi connectivity index (χ2n) is 10.5. The highest BCUT2D eigenvalue weighted by Crippen LogP contribution is 2.40. The maximum absolute atomic E-state index is 12.7. The van der Waals surface area contributed by atoms with Crippen LogP contribution in [0.3, 0.4) is 0 Å². The van der Waals surface area contributed by atoms with Crippen LogP contribution in [-0.2, 0) is 27.2 Å². The number of benzene rings is 1. The molecule has 0 bridgehead atoms. The molecule has 0 spiro atoms. The Bertz CT molecular complexity index is 1220. The van der Waals surface area contributed by atoms with Gasteiger partial charge in [-0.05, 0) is 94.7 Å². The molecule has 182 valence electrons. The molecule has 1 aliphatic carbocycles. The van der Waals surface area contributed by atoms with E-state index in [9.17, 15) is 4.79 Å². The van der Waals surface area contributed by atoms with Crippen LogP contribution in [0, 0.1) is 26.7 Å². The SMILES string of the molecule is COC(=O)[C@H](Cc1c(C)nc2c(c(C)c(C)n2CC2CC2)c1-c1ccc(Cl)cc1)OC(C)(C)C. The summed E-state index contributed by atoms with van der Waals surface area (Å²) in [5.41, 5.74) is 7.04. The number of esters is 1. The molecule has 1 fully saturated rings. The summed E-state index contributed by atoms with van der Waals surface area (Å²) in [5.74, 6) is 0.356. The number of aromatic nitrogens is 2. The van der Waals surface area contributed by atoms with Crippen LogP contribution in [-0.4, -0.2) is 34.3 Å². The van der Waals surface area contributed by atoms with E-state index in [0.29, 0.717) is 11.4 Å². The van der Waals surface area contributed by atoms with E-state index >= 15 is 0 Å². The first-order valence-corrected chi connectivity index (χ1v) is 12.4.